The maximum atomic E-state index is 13.7. The third-order valence-electron chi connectivity index (χ3n) is 5.48. The van der Waals surface area contributed by atoms with Gasteiger partial charge in [-0.3, -0.25) is 9.69 Å². The van der Waals surface area contributed by atoms with Crippen molar-refractivity contribution >= 4 is 5.97 Å². The van der Waals surface area contributed by atoms with Gasteiger partial charge in [-0.15, -0.1) is 0 Å². The molecule has 0 aliphatic heterocycles. The summed E-state index contributed by atoms with van der Waals surface area (Å²) in [7, 11) is 0. The van der Waals surface area contributed by atoms with Gasteiger partial charge in [0, 0.05) is 24.7 Å². The van der Waals surface area contributed by atoms with Crippen LogP contribution in [0.4, 0.5) is 4.39 Å². The van der Waals surface area contributed by atoms with Crippen LogP contribution >= 0.6 is 0 Å². The first-order valence-electron chi connectivity index (χ1n) is 9.46. The molecular weight excluding hydrogens is 319 g/mol. The molecule has 1 aromatic carbocycles. The number of rotatable bonds is 10. The van der Waals surface area contributed by atoms with E-state index in [1.807, 2.05) is 12.1 Å². The largest absolute Gasteiger partial charge is 0.480 e. The minimum absolute atomic E-state index is 0.122. The minimum atomic E-state index is -0.727. The maximum absolute atomic E-state index is 13.7. The molecule has 0 heterocycles. The Morgan fingerprint density at radius 2 is 2.08 bits per heavy atom. The van der Waals surface area contributed by atoms with E-state index >= 15 is 0 Å². The number of halogens is 1. The van der Waals surface area contributed by atoms with Crippen LogP contribution in [0.3, 0.4) is 0 Å². The van der Waals surface area contributed by atoms with Crippen molar-refractivity contribution in [2.45, 2.75) is 63.6 Å². The number of carboxylic acid groups (broad SMARTS) is 1. The Kier molecular flexibility index (Phi) is 6.07. The smallest absolute Gasteiger partial charge is 0.317 e. The fraction of sp³-hybridized carbons (Fsp3) is 0.650. The molecule has 1 atom stereocenters. The molecule has 0 spiro atoms. The topological polar surface area (TPSA) is 52.6 Å². The van der Waals surface area contributed by atoms with Crippen LogP contribution in [0.1, 0.15) is 44.6 Å². The summed E-state index contributed by atoms with van der Waals surface area (Å²) in [6, 6.07) is 8.15. The summed E-state index contributed by atoms with van der Waals surface area (Å²) >= 11 is 0. The maximum Gasteiger partial charge on any atom is 0.317 e. The number of nitrogens with one attached hydrogen (secondary N) is 1. The van der Waals surface area contributed by atoms with Gasteiger partial charge < -0.3 is 10.4 Å². The SMILES string of the molecule is CC(CCc1ccccc1F)NC1CC(N(CC(=O)O)CC2CC2)C1. The number of carboxylic acids is 1. The van der Waals surface area contributed by atoms with Gasteiger partial charge in [0.15, 0.2) is 0 Å². The first kappa shape index (κ1) is 18.3. The molecule has 4 nitrogen and oxygen atoms in total. The van der Waals surface area contributed by atoms with Gasteiger partial charge in [-0.05, 0) is 63.0 Å². The fourth-order valence-electron chi connectivity index (χ4n) is 3.73. The van der Waals surface area contributed by atoms with Crippen LogP contribution in [0, 0.1) is 11.7 Å². The van der Waals surface area contributed by atoms with Crippen LogP contribution in [0.5, 0.6) is 0 Å². The van der Waals surface area contributed by atoms with Gasteiger partial charge in [-0.25, -0.2) is 4.39 Å². The summed E-state index contributed by atoms with van der Waals surface area (Å²) in [5.74, 6) is -0.135. The van der Waals surface area contributed by atoms with Gasteiger partial charge in [0.1, 0.15) is 5.82 Å². The van der Waals surface area contributed by atoms with Crippen molar-refractivity contribution < 1.29 is 14.3 Å². The van der Waals surface area contributed by atoms with Crippen molar-refractivity contribution in [1.29, 1.82) is 0 Å². The predicted octanol–water partition coefficient (Wildman–Crippen LogP) is 3.06. The number of hydrogen-bond acceptors (Lipinski definition) is 3. The summed E-state index contributed by atoms with van der Waals surface area (Å²) in [5, 5.41) is 12.7. The van der Waals surface area contributed by atoms with E-state index in [9.17, 15) is 9.18 Å². The number of carbonyl (C=O) groups is 1. The molecule has 0 saturated heterocycles. The lowest BCUT2D eigenvalue weighted by molar-refractivity contribution is -0.139. The molecule has 25 heavy (non-hydrogen) atoms. The molecule has 2 N–H and O–H groups in total. The van der Waals surface area contributed by atoms with Crippen molar-refractivity contribution in [1.82, 2.24) is 10.2 Å². The average Bonchev–Trinajstić information content (AvgIpc) is 3.32. The van der Waals surface area contributed by atoms with Crippen molar-refractivity contribution in [2.24, 2.45) is 5.92 Å². The molecule has 1 unspecified atom stereocenters. The molecule has 138 valence electrons. The second-order valence-corrected chi connectivity index (χ2v) is 7.79. The summed E-state index contributed by atoms with van der Waals surface area (Å²) in [5.41, 5.74) is 0.778. The van der Waals surface area contributed by atoms with Crippen molar-refractivity contribution in [3.05, 3.63) is 35.6 Å². The highest BCUT2D eigenvalue weighted by Gasteiger charge is 2.37. The number of aliphatic carboxylic acids is 1. The number of nitrogens with zero attached hydrogens (tertiary/aromatic N) is 1. The highest BCUT2D eigenvalue weighted by atomic mass is 19.1. The third kappa shape index (κ3) is 5.51. The zero-order valence-corrected chi connectivity index (χ0v) is 15.0. The molecule has 0 bridgehead atoms. The molecule has 2 aliphatic rings. The molecule has 1 aromatic rings. The summed E-state index contributed by atoms with van der Waals surface area (Å²) in [4.78, 5) is 13.2. The lowest BCUT2D eigenvalue weighted by Crippen LogP contribution is -2.55. The van der Waals surface area contributed by atoms with Gasteiger partial charge >= 0.3 is 5.97 Å². The van der Waals surface area contributed by atoms with Crippen LogP contribution in [0.2, 0.25) is 0 Å². The Hall–Kier alpha value is -1.46. The third-order valence-corrected chi connectivity index (χ3v) is 5.48. The zero-order valence-electron chi connectivity index (χ0n) is 15.0. The van der Waals surface area contributed by atoms with E-state index in [1.54, 1.807) is 6.07 Å². The Labute approximate surface area is 149 Å². The Bertz CT molecular complexity index is 585. The van der Waals surface area contributed by atoms with Gasteiger partial charge in [-0.1, -0.05) is 18.2 Å². The van der Waals surface area contributed by atoms with E-state index < -0.39 is 5.97 Å². The van der Waals surface area contributed by atoms with Gasteiger partial charge in [0.2, 0.25) is 0 Å². The zero-order chi connectivity index (χ0) is 17.8. The van der Waals surface area contributed by atoms with E-state index in [1.165, 1.54) is 18.9 Å². The monoisotopic (exact) mass is 348 g/mol. The normalized spacial score (nSPS) is 24.1. The molecule has 3 rings (SSSR count). The van der Waals surface area contributed by atoms with E-state index in [4.69, 9.17) is 5.11 Å². The van der Waals surface area contributed by atoms with Gasteiger partial charge in [0.25, 0.3) is 0 Å². The number of aryl methyl sites for hydroxylation is 1. The van der Waals surface area contributed by atoms with E-state index in [0.29, 0.717) is 24.0 Å². The fourth-order valence-corrected chi connectivity index (χ4v) is 3.73. The van der Waals surface area contributed by atoms with Gasteiger partial charge in [-0.2, -0.15) is 0 Å². The Balaban J connectivity index is 1.38. The van der Waals surface area contributed by atoms with E-state index in [2.05, 4.69) is 17.1 Å². The Morgan fingerprint density at radius 1 is 1.36 bits per heavy atom. The van der Waals surface area contributed by atoms with Crippen molar-refractivity contribution in [3.63, 3.8) is 0 Å². The molecule has 0 aromatic heterocycles. The van der Waals surface area contributed by atoms with Crippen molar-refractivity contribution in [2.75, 3.05) is 13.1 Å². The molecule has 0 radical (unpaired) electrons. The van der Waals surface area contributed by atoms with Crippen LogP contribution in [0.15, 0.2) is 24.3 Å². The first-order chi connectivity index (χ1) is 12.0. The molecular formula is C20H29FN2O2. The molecule has 2 fully saturated rings. The van der Waals surface area contributed by atoms with Crippen LogP contribution in [-0.2, 0) is 11.2 Å². The molecule has 2 aliphatic carbocycles. The molecule has 0 amide bonds. The summed E-state index contributed by atoms with van der Waals surface area (Å²) < 4.78 is 13.7. The quantitative estimate of drug-likeness (QED) is 0.682. The van der Waals surface area contributed by atoms with E-state index in [0.717, 1.165) is 37.8 Å². The van der Waals surface area contributed by atoms with Crippen LogP contribution in [0.25, 0.3) is 0 Å². The van der Waals surface area contributed by atoms with Crippen LogP contribution < -0.4 is 5.32 Å². The predicted molar refractivity (Wildman–Crippen MR) is 96.1 cm³/mol. The lowest BCUT2D eigenvalue weighted by atomic mass is 9.84. The standard InChI is InChI=1S/C20H29FN2O2/c1-14(6-9-16-4-2-3-5-19(16)21)22-17-10-18(11-17)23(13-20(24)25)12-15-7-8-15/h2-5,14-15,17-18,22H,6-13H2,1H3,(H,24,25). The molecule has 2 saturated carbocycles. The summed E-state index contributed by atoms with van der Waals surface area (Å²) in [6.07, 6.45) is 6.18. The van der Waals surface area contributed by atoms with E-state index in [-0.39, 0.29) is 12.4 Å². The van der Waals surface area contributed by atoms with Crippen molar-refractivity contribution in [3.8, 4) is 0 Å². The Morgan fingerprint density at radius 3 is 2.72 bits per heavy atom. The number of hydrogen-bond donors (Lipinski definition) is 2. The van der Waals surface area contributed by atoms with Gasteiger partial charge in [0.05, 0.1) is 6.54 Å². The second kappa shape index (κ2) is 8.28. The average molecular weight is 348 g/mol. The number of benzene rings is 1. The van der Waals surface area contributed by atoms with Crippen LogP contribution in [-0.4, -0.2) is 47.2 Å². The first-order valence-corrected chi connectivity index (χ1v) is 9.46. The highest BCUT2D eigenvalue weighted by molar-refractivity contribution is 5.69. The minimum Gasteiger partial charge on any atom is -0.480 e. The lowest BCUT2D eigenvalue weighted by Gasteiger charge is -2.44. The highest BCUT2D eigenvalue weighted by Crippen LogP contribution is 2.34. The molecule has 5 heteroatoms. The summed E-state index contributed by atoms with van der Waals surface area (Å²) in [6.45, 7) is 3.25. The second-order valence-electron chi connectivity index (χ2n) is 7.79.